The molecule has 1 unspecified atom stereocenters. The SMILES string of the molecule is CCCN(CCN(C)C)C(CNC(C)(C)C)C(C)C. The van der Waals surface area contributed by atoms with E-state index in [2.05, 4.69) is 70.8 Å². The average Bonchev–Trinajstić information content (AvgIpc) is 2.23. The summed E-state index contributed by atoms with van der Waals surface area (Å²) >= 11 is 0. The van der Waals surface area contributed by atoms with E-state index < -0.39 is 0 Å². The van der Waals surface area contributed by atoms with Gasteiger partial charge in [-0.3, -0.25) is 4.90 Å². The molecule has 1 N–H and O–H groups in total. The molecule has 0 radical (unpaired) electrons. The number of nitrogens with one attached hydrogen (secondary N) is 1. The Morgan fingerprint density at radius 2 is 1.58 bits per heavy atom. The van der Waals surface area contributed by atoms with Gasteiger partial charge in [-0.05, 0) is 53.8 Å². The van der Waals surface area contributed by atoms with Gasteiger partial charge in [0.05, 0.1) is 0 Å². The summed E-state index contributed by atoms with van der Waals surface area (Å²) in [6.07, 6.45) is 1.23. The number of hydrogen-bond acceptors (Lipinski definition) is 3. The molecule has 0 bridgehead atoms. The highest BCUT2D eigenvalue weighted by Gasteiger charge is 2.23. The van der Waals surface area contributed by atoms with Gasteiger partial charge in [0.15, 0.2) is 0 Å². The minimum Gasteiger partial charge on any atom is -0.311 e. The molecule has 0 fully saturated rings. The van der Waals surface area contributed by atoms with Gasteiger partial charge in [-0.1, -0.05) is 20.8 Å². The Balaban J connectivity index is 4.56. The second-order valence-electron chi connectivity index (χ2n) is 7.28. The van der Waals surface area contributed by atoms with Crippen molar-refractivity contribution in [3.63, 3.8) is 0 Å². The van der Waals surface area contributed by atoms with Crippen molar-refractivity contribution in [3.05, 3.63) is 0 Å². The Hall–Kier alpha value is -0.120. The zero-order valence-corrected chi connectivity index (χ0v) is 14.6. The summed E-state index contributed by atoms with van der Waals surface area (Å²) in [5.41, 5.74) is 0.201. The van der Waals surface area contributed by atoms with E-state index in [-0.39, 0.29) is 5.54 Å². The van der Waals surface area contributed by atoms with Crippen LogP contribution in [0.1, 0.15) is 48.0 Å². The van der Waals surface area contributed by atoms with E-state index in [1.165, 1.54) is 13.0 Å². The zero-order valence-electron chi connectivity index (χ0n) is 14.6. The molecule has 1 atom stereocenters. The van der Waals surface area contributed by atoms with E-state index in [9.17, 15) is 0 Å². The van der Waals surface area contributed by atoms with E-state index in [4.69, 9.17) is 0 Å². The highest BCUT2D eigenvalue weighted by molar-refractivity contribution is 4.81. The van der Waals surface area contributed by atoms with Crippen molar-refractivity contribution in [2.75, 3.05) is 40.3 Å². The molecule has 0 rings (SSSR count). The molecule has 19 heavy (non-hydrogen) atoms. The van der Waals surface area contributed by atoms with Crippen LogP contribution < -0.4 is 5.32 Å². The van der Waals surface area contributed by atoms with Gasteiger partial charge in [-0.25, -0.2) is 0 Å². The summed E-state index contributed by atoms with van der Waals surface area (Å²) in [7, 11) is 4.31. The summed E-state index contributed by atoms with van der Waals surface area (Å²) < 4.78 is 0. The van der Waals surface area contributed by atoms with E-state index >= 15 is 0 Å². The fourth-order valence-corrected chi connectivity index (χ4v) is 2.26. The van der Waals surface area contributed by atoms with Crippen LogP contribution in [0, 0.1) is 5.92 Å². The van der Waals surface area contributed by atoms with Gasteiger partial charge >= 0.3 is 0 Å². The third-order valence-electron chi connectivity index (χ3n) is 3.43. The van der Waals surface area contributed by atoms with Crippen molar-refractivity contribution < 1.29 is 0 Å². The van der Waals surface area contributed by atoms with Crippen LogP contribution in [-0.2, 0) is 0 Å². The van der Waals surface area contributed by atoms with Crippen molar-refractivity contribution in [2.45, 2.75) is 59.5 Å². The van der Waals surface area contributed by atoms with E-state index in [0.29, 0.717) is 12.0 Å². The summed E-state index contributed by atoms with van der Waals surface area (Å²) in [6.45, 7) is 18.3. The van der Waals surface area contributed by atoms with Gasteiger partial charge in [0.1, 0.15) is 0 Å². The maximum atomic E-state index is 3.67. The Kier molecular flexibility index (Phi) is 8.88. The third kappa shape index (κ3) is 9.42. The first kappa shape index (κ1) is 18.9. The first-order valence-corrected chi connectivity index (χ1v) is 7.81. The molecule has 0 aromatic rings. The molecule has 0 aliphatic rings. The highest BCUT2D eigenvalue weighted by Crippen LogP contribution is 2.12. The summed E-state index contributed by atoms with van der Waals surface area (Å²) in [6, 6.07) is 0.624. The second-order valence-corrected chi connectivity index (χ2v) is 7.28. The molecule has 0 amide bonds. The largest absolute Gasteiger partial charge is 0.311 e. The van der Waals surface area contributed by atoms with Gasteiger partial charge < -0.3 is 10.2 Å². The van der Waals surface area contributed by atoms with Gasteiger partial charge in [-0.2, -0.15) is 0 Å². The maximum absolute atomic E-state index is 3.67. The van der Waals surface area contributed by atoms with Crippen LogP contribution in [0.4, 0.5) is 0 Å². The lowest BCUT2D eigenvalue weighted by molar-refractivity contribution is 0.133. The van der Waals surface area contributed by atoms with Gasteiger partial charge in [0.25, 0.3) is 0 Å². The average molecular weight is 271 g/mol. The van der Waals surface area contributed by atoms with E-state index in [1.54, 1.807) is 0 Å². The second kappa shape index (κ2) is 8.93. The topological polar surface area (TPSA) is 18.5 Å². The molecule has 0 saturated heterocycles. The molecular formula is C16H37N3. The Morgan fingerprint density at radius 1 is 1.00 bits per heavy atom. The monoisotopic (exact) mass is 271 g/mol. The normalized spacial score (nSPS) is 14.7. The van der Waals surface area contributed by atoms with E-state index in [1.807, 2.05) is 0 Å². The number of hydrogen-bond donors (Lipinski definition) is 1. The van der Waals surface area contributed by atoms with Crippen LogP contribution in [0.25, 0.3) is 0 Å². The molecule has 0 aliphatic carbocycles. The molecule has 0 aliphatic heterocycles. The van der Waals surface area contributed by atoms with Crippen LogP contribution in [0.5, 0.6) is 0 Å². The summed E-state index contributed by atoms with van der Waals surface area (Å²) in [4.78, 5) is 4.93. The molecular weight excluding hydrogens is 234 g/mol. The van der Waals surface area contributed by atoms with Crippen molar-refractivity contribution in [3.8, 4) is 0 Å². The number of nitrogens with zero attached hydrogens (tertiary/aromatic N) is 2. The summed E-state index contributed by atoms with van der Waals surface area (Å²) in [5, 5.41) is 3.67. The van der Waals surface area contributed by atoms with Crippen molar-refractivity contribution in [2.24, 2.45) is 5.92 Å². The predicted molar refractivity (Wildman–Crippen MR) is 86.8 cm³/mol. The van der Waals surface area contributed by atoms with Gasteiger partial charge in [-0.15, -0.1) is 0 Å². The minimum atomic E-state index is 0.201. The first-order chi connectivity index (χ1) is 8.67. The molecule has 3 heteroatoms. The Bertz CT molecular complexity index is 219. The lowest BCUT2D eigenvalue weighted by atomic mass is 10.00. The quantitative estimate of drug-likeness (QED) is 0.695. The summed E-state index contributed by atoms with van der Waals surface area (Å²) in [5.74, 6) is 0.684. The smallest absolute Gasteiger partial charge is 0.0244 e. The molecule has 0 heterocycles. The number of rotatable bonds is 9. The van der Waals surface area contributed by atoms with Crippen molar-refractivity contribution in [1.29, 1.82) is 0 Å². The fourth-order valence-electron chi connectivity index (χ4n) is 2.26. The van der Waals surface area contributed by atoms with Crippen LogP contribution in [0.15, 0.2) is 0 Å². The molecule has 0 aromatic heterocycles. The van der Waals surface area contributed by atoms with Gasteiger partial charge in [0.2, 0.25) is 0 Å². The maximum Gasteiger partial charge on any atom is 0.0244 e. The first-order valence-electron chi connectivity index (χ1n) is 7.81. The third-order valence-corrected chi connectivity index (χ3v) is 3.43. The van der Waals surface area contributed by atoms with Crippen molar-refractivity contribution >= 4 is 0 Å². The van der Waals surface area contributed by atoms with Gasteiger partial charge in [0, 0.05) is 31.2 Å². The highest BCUT2D eigenvalue weighted by atomic mass is 15.2. The number of likely N-dealkylation sites (N-methyl/N-ethyl adjacent to an activating group) is 1. The Labute approximate surface area is 121 Å². The molecule has 0 aromatic carbocycles. The molecule has 116 valence electrons. The van der Waals surface area contributed by atoms with Crippen LogP contribution in [0.2, 0.25) is 0 Å². The van der Waals surface area contributed by atoms with Crippen LogP contribution in [-0.4, -0.2) is 61.7 Å². The zero-order chi connectivity index (χ0) is 15.1. The molecule has 0 spiro atoms. The predicted octanol–water partition coefficient (Wildman–Crippen LogP) is 2.67. The van der Waals surface area contributed by atoms with Crippen LogP contribution >= 0.6 is 0 Å². The standard InChI is InChI=1S/C16H37N3/c1-9-10-19(12-11-18(7)8)15(14(2)3)13-17-16(4,5)6/h14-15,17H,9-13H2,1-8H3. The Morgan fingerprint density at radius 3 is 1.95 bits per heavy atom. The molecule has 3 nitrogen and oxygen atoms in total. The van der Waals surface area contributed by atoms with E-state index in [0.717, 1.165) is 19.6 Å². The lowest BCUT2D eigenvalue weighted by Gasteiger charge is -2.37. The van der Waals surface area contributed by atoms with Crippen LogP contribution in [0.3, 0.4) is 0 Å². The fraction of sp³-hybridized carbons (Fsp3) is 1.00. The lowest BCUT2D eigenvalue weighted by Crippen LogP contribution is -2.51. The minimum absolute atomic E-state index is 0.201. The molecule has 0 saturated carbocycles. The van der Waals surface area contributed by atoms with Crippen molar-refractivity contribution in [1.82, 2.24) is 15.1 Å².